The van der Waals surface area contributed by atoms with Crippen LogP contribution in [0.2, 0.25) is 0 Å². The Hall–Kier alpha value is -1.88. The van der Waals surface area contributed by atoms with Crippen molar-refractivity contribution in [3.8, 4) is 0 Å². The minimum atomic E-state index is -0.117. The van der Waals surface area contributed by atoms with Crippen molar-refractivity contribution in [3.63, 3.8) is 0 Å². The molecule has 1 aromatic carbocycles. The van der Waals surface area contributed by atoms with Crippen LogP contribution in [-0.4, -0.2) is 19.0 Å². The Morgan fingerprint density at radius 3 is 2.82 bits per heavy atom. The van der Waals surface area contributed by atoms with Gasteiger partial charge in [0.2, 0.25) is 0 Å². The van der Waals surface area contributed by atoms with Crippen molar-refractivity contribution in [2.75, 3.05) is 7.05 Å². The van der Waals surface area contributed by atoms with Gasteiger partial charge in [-0.25, -0.2) is 4.39 Å². The first-order valence-electron chi connectivity index (χ1n) is 7.44. The number of aryl methyl sites for hydroxylation is 1. The van der Waals surface area contributed by atoms with E-state index in [-0.39, 0.29) is 17.8 Å². The largest absolute Gasteiger partial charge is 0.353 e. The predicted molar refractivity (Wildman–Crippen MR) is 89.9 cm³/mol. The van der Waals surface area contributed by atoms with Crippen LogP contribution in [0.3, 0.4) is 0 Å². The number of guanidine groups is 1. The van der Waals surface area contributed by atoms with Crippen LogP contribution in [0.25, 0.3) is 0 Å². The lowest BCUT2D eigenvalue weighted by Crippen LogP contribution is -2.38. The molecule has 3 nitrogen and oxygen atoms in total. The van der Waals surface area contributed by atoms with Gasteiger partial charge < -0.3 is 10.6 Å². The number of benzene rings is 1. The van der Waals surface area contributed by atoms with Crippen molar-refractivity contribution >= 4 is 17.3 Å². The Bertz CT molecular complexity index is 680. The maximum absolute atomic E-state index is 13.8. The minimum Gasteiger partial charge on any atom is -0.353 e. The van der Waals surface area contributed by atoms with Gasteiger partial charge in [0.1, 0.15) is 5.82 Å². The van der Waals surface area contributed by atoms with Crippen LogP contribution >= 0.6 is 11.3 Å². The second-order valence-electron chi connectivity index (χ2n) is 5.55. The van der Waals surface area contributed by atoms with Gasteiger partial charge in [0.25, 0.3) is 0 Å². The Labute approximate surface area is 134 Å². The molecule has 2 aromatic rings. The van der Waals surface area contributed by atoms with Crippen LogP contribution in [0.4, 0.5) is 4.39 Å². The van der Waals surface area contributed by atoms with E-state index >= 15 is 0 Å². The Kier molecular flexibility index (Phi) is 4.43. The zero-order valence-corrected chi connectivity index (χ0v) is 13.6. The number of thiophene rings is 1. The van der Waals surface area contributed by atoms with Gasteiger partial charge in [0, 0.05) is 28.8 Å². The van der Waals surface area contributed by atoms with Crippen molar-refractivity contribution < 1.29 is 4.39 Å². The van der Waals surface area contributed by atoms with Crippen LogP contribution in [0.5, 0.6) is 0 Å². The van der Waals surface area contributed by atoms with E-state index in [4.69, 9.17) is 0 Å². The lowest BCUT2D eigenvalue weighted by molar-refractivity contribution is 0.607. The van der Waals surface area contributed by atoms with E-state index in [1.807, 2.05) is 12.1 Å². The van der Waals surface area contributed by atoms with Crippen LogP contribution in [0, 0.1) is 12.7 Å². The molecule has 0 radical (unpaired) electrons. The quantitative estimate of drug-likeness (QED) is 0.670. The molecule has 0 aliphatic heterocycles. The molecular formula is C17H20FN3S. The molecule has 0 amide bonds. The molecule has 3 rings (SSSR count). The highest BCUT2D eigenvalue weighted by Gasteiger charge is 2.40. The van der Waals surface area contributed by atoms with E-state index in [2.05, 4.69) is 34.7 Å². The fraction of sp³-hybridized carbons (Fsp3) is 0.353. The molecule has 1 fully saturated rings. The summed E-state index contributed by atoms with van der Waals surface area (Å²) in [5.74, 6) is 0.896. The number of hydrogen-bond donors (Lipinski definition) is 2. The third-order valence-corrected chi connectivity index (χ3v) is 4.87. The monoisotopic (exact) mass is 317 g/mol. The number of nitrogens with zero attached hydrogens (tertiary/aromatic N) is 1. The summed E-state index contributed by atoms with van der Waals surface area (Å²) in [7, 11) is 1.76. The van der Waals surface area contributed by atoms with Crippen molar-refractivity contribution in [1.29, 1.82) is 0 Å². The molecule has 2 N–H and O–H groups in total. The third-order valence-electron chi connectivity index (χ3n) is 3.87. The van der Waals surface area contributed by atoms with E-state index in [0.717, 1.165) is 24.5 Å². The maximum atomic E-state index is 13.8. The summed E-state index contributed by atoms with van der Waals surface area (Å²) in [4.78, 5) is 6.83. The first kappa shape index (κ1) is 15.0. The summed E-state index contributed by atoms with van der Waals surface area (Å²) in [5, 5.41) is 6.68. The molecule has 2 unspecified atom stereocenters. The number of nitrogens with one attached hydrogen (secondary N) is 2. The van der Waals surface area contributed by atoms with Crippen molar-refractivity contribution in [1.82, 2.24) is 10.6 Å². The average molecular weight is 317 g/mol. The molecule has 1 aliphatic carbocycles. The molecule has 1 aliphatic rings. The van der Waals surface area contributed by atoms with E-state index in [0.29, 0.717) is 0 Å². The topological polar surface area (TPSA) is 36.4 Å². The molecule has 2 atom stereocenters. The maximum Gasteiger partial charge on any atom is 0.191 e. The zero-order chi connectivity index (χ0) is 15.5. The highest BCUT2D eigenvalue weighted by Crippen LogP contribution is 2.41. The van der Waals surface area contributed by atoms with Gasteiger partial charge in [-0.15, -0.1) is 11.3 Å². The van der Waals surface area contributed by atoms with Gasteiger partial charge in [-0.3, -0.25) is 4.99 Å². The number of aliphatic imine (C=N–C) groups is 1. The lowest BCUT2D eigenvalue weighted by Gasteiger charge is -2.11. The molecule has 116 valence electrons. The number of halogens is 1. The molecule has 1 saturated carbocycles. The van der Waals surface area contributed by atoms with Crippen molar-refractivity contribution in [2.24, 2.45) is 4.99 Å². The minimum absolute atomic E-state index is 0.117. The molecule has 1 aromatic heterocycles. The molecule has 22 heavy (non-hydrogen) atoms. The first-order valence-corrected chi connectivity index (χ1v) is 8.26. The summed E-state index contributed by atoms with van der Waals surface area (Å²) in [6.07, 6.45) is 0.944. The fourth-order valence-electron chi connectivity index (χ4n) is 2.60. The van der Waals surface area contributed by atoms with Crippen molar-refractivity contribution in [2.45, 2.75) is 31.8 Å². The highest BCUT2D eigenvalue weighted by atomic mass is 32.1. The molecule has 0 bridgehead atoms. The summed E-state index contributed by atoms with van der Waals surface area (Å²) in [6.45, 7) is 2.86. The zero-order valence-electron chi connectivity index (χ0n) is 12.8. The second kappa shape index (κ2) is 6.48. The van der Waals surface area contributed by atoms with Gasteiger partial charge >= 0.3 is 0 Å². The van der Waals surface area contributed by atoms with E-state index in [1.54, 1.807) is 24.5 Å². The van der Waals surface area contributed by atoms with Crippen LogP contribution in [0.15, 0.2) is 41.4 Å². The van der Waals surface area contributed by atoms with E-state index in [1.165, 1.54) is 15.8 Å². The normalized spacial score (nSPS) is 20.8. The Morgan fingerprint density at radius 1 is 1.32 bits per heavy atom. The fourth-order valence-corrected chi connectivity index (χ4v) is 3.43. The van der Waals surface area contributed by atoms with E-state index in [9.17, 15) is 4.39 Å². The average Bonchev–Trinajstić information content (AvgIpc) is 3.15. The summed E-state index contributed by atoms with van der Waals surface area (Å²) < 4.78 is 13.8. The number of hydrogen-bond acceptors (Lipinski definition) is 2. The SMILES string of the molecule is CN=C(NCc1ccc(C)s1)NC1CC1c1ccccc1F. The predicted octanol–water partition coefficient (Wildman–Crippen LogP) is 3.42. The molecular weight excluding hydrogens is 297 g/mol. The lowest BCUT2D eigenvalue weighted by atomic mass is 10.1. The van der Waals surface area contributed by atoms with Gasteiger partial charge in [-0.05, 0) is 37.1 Å². The molecule has 5 heteroatoms. The smallest absolute Gasteiger partial charge is 0.191 e. The van der Waals surface area contributed by atoms with Crippen LogP contribution in [0.1, 0.15) is 27.7 Å². The first-order chi connectivity index (χ1) is 10.7. The molecule has 1 heterocycles. The van der Waals surface area contributed by atoms with Crippen molar-refractivity contribution in [3.05, 3.63) is 57.5 Å². The second-order valence-corrected chi connectivity index (χ2v) is 6.93. The Balaban J connectivity index is 1.53. The molecule has 0 saturated heterocycles. The van der Waals surface area contributed by atoms with Gasteiger partial charge in [0.15, 0.2) is 5.96 Å². The number of rotatable bonds is 4. The van der Waals surface area contributed by atoms with Gasteiger partial charge in [0.05, 0.1) is 6.54 Å². The highest BCUT2D eigenvalue weighted by molar-refractivity contribution is 7.11. The summed E-state index contributed by atoms with van der Waals surface area (Å²) in [6, 6.07) is 11.5. The Morgan fingerprint density at radius 2 is 2.14 bits per heavy atom. The van der Waals surface area contributed by atoms with Crippen LogP contribution < -0.4 is 10.6 Å². The standard InChI is InChI=1S/C17H20FN3S/c1-11-7-8-12(22-11)10-20-17(19-2)21-16-9-14(16)13-5-3-4-6-15(13)18/h3-8,14,16H,9-10H2,1-2H3,(H2,19,20,21). The van der Waals surface area contributed by atoms with Gasteiger partial charge in [-0.1, -0.05) is 18.2 Å². The summed E-state index contributed by atoms with van der Waals surface area (Å²) in [5.41, 5.74) is 0.796. The summed E-state index contributed by atoms with van der Waals surface area (Å²) >= 11 is 1.78. The van der Waals surface area contributed by atoms with Crippen LogP contribution in [-0.2, 0) is 6.54 Å². The van der Waals surface area contributed by atoms with Gasteiger partial charge in [-0.2, -0.15) is 0 Å². The molecule has 0 spiro atoms. The third kappa shape index (κ3) is 3.47. The van der Waals surface area contributed by atoms with E-state index < -0.39 is 0 Å².